The second kappa shape index (κ2) is 7.53. The first-order chi connectivity index (χ1) is 9.81. The molecule has 1 aliphatic heterocycles. The van der Waals surface area contributed by atoms with Gasteiger partial charge in [-0.2, -0.15) is 0 Å². The molecule has 108 valence electrons. The highest BCUT2D eigenvalue weighted by molar-refractivity contribution is 5.75. The fourth-order valence-electron chi connectivity index (χ4n) is 2.16. The van der Waals surface area contributed by atoms with Crippen LogP contribution in [0.4, 0.5) is 4.79 Å². The molecule has 0 radical (unpaired) electrons. The molecule has 0 N–H and O–H groups in total. The number of carbonyl (C=O) groups excluding carboxylic acids is 1. The summed E-state index contributed by atoms with van der Waals surface area (Å²) in [6, 6.07) is 9.64. The van der Waals surface area contributed by atoms with Crippen molar-refractivity contribution in [1.29, 1.82) is 0 Å². The van der Waals surface area contributed by atoms with E-state index in [0.717, 1.165) is 18.4 Å². The van der Waals surface area contributed by atoms with E-state index >= 15 is 0 Å². The van der Waals surface area contributed by atoms with E-state index in [1.54, 1.807) is 11.1 Å². The number of benzene rings is 1. The molecule has 2 rings (SSSR count). The lowest BCUT2D eigenvalue weighted by Gasteiger charge is -2.20. The van der Waals surface area contributed by atoms with Crippen LogP contribution in [-0.4, -0.2) is 36.4 Å². The Hall–Kier alpha value is -2.04. The van der Waals surface area contributed by atoms with Crippen molar-refractivity contribution >= 4 is 12.3 Å². The largest absolute Gasteiger partial charge is 0.445 e. The first-order valence-electron chi connectivity index (χ1n) is 6.94. The van der Waals surface area contributed by atoms with Crippen molar-refractivity contribution < 1.29 is 14.4 Å². The minimum Gasteiger partial charge on any atom is -0.445 e. The minimum atomic E-state index is -0.292. The van der Waals surface area contributed by atoms with Gasteiger partial charge in [-0.3, -0.25) is 0 Å². The number of rotatable bonds is 5. The van der Waals surface area contributed by atoms with E-state index in [4.69, 9.17) is 9.57 Å². The monoisotopic (exact) mass is 276 g/mol. The minimum absolute atomic E-state index is 0.0233. The maximum atomic E-state index is 12.1. The van der Waals surface area contributed by atoms with Crippen LogP contribution in [0, 0.1) is 0 Å². The molecule has 0 bridgehead atoms. The van der Waals surface area contributed by atoms with Gasteiger partial charge in [0.2, 0.25) is 0 Å². The van der Waals surface area contributed by atoms with Crippen molar-refractivity contribution in [1.82, 2.24) is 4.90 Å². The zero-order valence-electron chi connectivity index (χ0n) is 11.7. The third-order valence-electron chi connectivity index (χ3n) is 3.18. The van der Waals surface area contributed by atoms with Crippen LogP contribution < -0.4 is 0 Å². The van der Waals surface area contributed by atoms with Gasteiger partial charge in [-0.1, -0.05) is 35.5 Å². The first-order valence-corrected chi connectivity index (χ1v) is 6.94. The molecular weight excluding hydrogens is 256 g/mol. The van der Waals surface area contributed by atoms with E-state index in [-0.39, 0.29) is 12.1 Å². The average Bonchev–Trinajstić information content (AvgIpc) is 2.95. The van der Waals surface area contributed by atoms with Crippen molar-refractivity contribution in [2.24, 2.45) is 5.16 Å². The second-order valence-corrected chi connectivity index (χ2v) is 4.62. The second-order valence-electron chi connectivity index (χ2n) is 4.62. The lowest BCUT2D eigenvalue weighted by Crippen LogP contribution is -2.36. The van der Waals surface area contributed by atoms with Gasteiger partial charge in [0, 0.05) is 6.54 Å². The van der Waals surface area contributed by atoms with Crippen LogP contribution in [0.15, 0.2) is 35.5 Å². The van der Waals surface area contributed by atoms with E-state index in [1.807, 2.05) is 37.3 Å². The molecule has 1 saturated heterocycles. The van der Waals surface area contributed by atoms with Crippen LogP contribution in [0.25, 0.3) is 0 Å². The zero-order chi connectivity index (χ0) is 14.2. The van der Waals surface area contributed by atoms with Crippen LogP contribution in [0.2, 0.25) is 0 Å². The highest BCUT2D eigenvalue weighted by Crippen LogP contribution is 2.17. The molecule has 0 spiro atoms. The Morgan fingerprint density at radius 1 is 1.45 bits per heavy atom. The Bertz CT molecular complexity index is 448. The summed E-state index contributed by atoms with van der Waals surface area (Å²) >= 11 is 0. The summed E-state index contributed by atoms with van der Waals surface area (Å²) in [7, 11) is 0. The molecule has 0 aromatic heterocycles. The van der Waals surface area contributed by atoms with Gasteiger partial charge in [-0.05, 0) is 25.3 Å². The van der Waals surface area contributed by atoms with Gasteiger partial charge in [-0.15, -0.1) is 0 Å². The predicted molar refractivity (Wildman–Crippen MR) is 76.5 cm³/mol. The Kier molecular flexibility index (Phi) is 5.41. The average molecular weight is 276 g/mol. The molecule has 1 heterocycles. The van der Waals surface area contributed by atoms with Gasteiger partial charge in [0.15, 0.2) is 0 Å². The number of amides is 1. The number of ether oxygens (including phenoxy) is 1. The zero-order valence-corrected chi connectivity index (χ0v) is 11.7. The topological polar surface area (TPSA) is 51.1 Å². The summed E-state index contributed by atoms with van der Waals surface area (Å²) in [4.78, 5) is 18.7. The molecule has 1 amide bonds. The quantitative estimate of drug-likeness (QED) is 0.614. The van der Waals surface area contributed by atoms with Crippen LogP contribution in [0.3, 0.4) is 0 Å². The normalized spacial score (nSPS) is 18.4. The SMILES string of the molecule is CCON=CC1CCCN1C(=O)OCc1ccccc1. The van der Waals surface area contributed by atoms with E-state index in [9.17, 15) is 4.79 Å². The van der Waals surface area contributed by atoms with Crippen LogP contribution >= 0.6 is 0 Å². The van der Waals surface area contributed by atoms with E-state index in [0.29, 0.717) is 19.8 Å². The van der Waals surface area contributed by atoms with Gasteiger partial charge < -0.3 is 14.5 Å². The number of carbonyl (C=O) groups is 1. The van der Waals surface area contributed by atoms with Crippen LogP contribution in [-0.2, 0) is 16.2 Å². The lowest BCUT2D eigenvalue weighted by atomic mass is 10.2. The summed E-state index contributed by atoms with van der Waals surface area (Å²) in [6.07, 6.45) is 3.25. The van der Waals surface area contributed by atoms with Crippen molar-refractivity contribution in [2.75, 3.05) is 13.2 Å². The third kappa shape index (κ3) is 3.98. The van der Waals surface area contributed by atoms with Crippen LogP contribution in [0.5, 0.6) is 0 Å². The van der Waals surface area contributed by atoms with E-state index < -0.39 is 0 Å². The van der Waals surface area contributed by atoms with Gasteiger partial charge in [0.25, 0.3) is 0 Å². The molecule has 1 aliphatic rings. The summed E-state index contributed by atoms with van der Waals surface area (Å²) in [5.74, 6) is 0. The fourth-order valence-corrected chi connectivity index (χ4v) is 2.16. The maximum absolute atomic E-state index is 12.1. The van der Waals surface area contributed by atoms with Crippen LogP contribution in [0.1, 0.15) is 25.3 Å². The molecular formula is C15H20N2O3. The number of hydrogen-bond donors (Lipinski definition) is 0. The summed E-state index contributed by atoms with van der Waals surface area (Å²) in [5.41, 5.74) is 0.986. The standard InChI is InChI=1S/C15H20N2O3/c1-2-20-16-11-14-9-6-10-17(14)15(18)19-12-13-7-4-3-5-8-13/h3-5,7-8,11,14H,2,6,9-10,12H2,1H3. The van der Waals surface area contributed by atoms with E-state index in [2.05, 4.69) is 5.16 Å². The number of likely N-dealkylation sites (tertiary alicyclic amines) is 1. The molecule has 0 aliphatic carbocycles. The Balaban J connectivity index is 1.84. The van der Waals surface area contributed by atoms with Crippen molar-refractivity contribution in [3.05, 3.63) is 35.9 Å². The maximum Gasteiger partial charge on any atom is 0.410 e. The molecule has 5 nitrogen and oxygen atoms in total. The summed E-state index contributed by atoms with van der Waals surface area (Å²) in [5, 5.41) is 3.85. The fraction of sp³-hybridized carbons (Fsp3) is 0.467. The van der Waals surface area contributed by atoms with Crippen molar-refractivity contribution in [3.8, 4) is 0 Å². The molecule has 1 aromatic carbocycles. The molecule has 1 aromatic rings. The highest BCUT2D eigenvalue weighted by Gasteiger charge is 2.28. The Morgan fingerprint density at radius 2 is 2.25 bits per heavy atom. The smallest absolute Gasteiger partial charge is 0.410 e. The number of hydrogen-bond acceptors (Lipinski definition) is 4. The molecule has 1 fully saturated rings. The van der Waals surface area contributed by atoms with Crippen molar-refractivity contribution in [2.45, 2.75) is 32.4 Å². The first kappa shape index (κ1) is 14.4. The van der Waals surface area contributed by atoms with Gasteiger partial charge in [0.05, 0.1) is 12.3 Å². The number of oxime groups is 1. The Labute approximate surface area is 119 Å². The number of nitrogens with zero attached hydrogens (tertiary/aromatic N) is 2. The summed E-state index contributed by atoms with van der Waals surface area (Å²) < 4.78 is 5.33. The Morgan fingerprint density at radius 3 is 3.00 bits per heavy atom. The molecule has 0 saturated carbocycles. The molecule has 20 heavy (non-hydrogen) atoms. The van der Waals surface area contributed by atoms with E-state index in [1.165, 1.54) is 0 Å². The highest BCUT2D eigenvalue weighted by atomic mass is 16.6. The van der Waals surface area contributed by atoms with Crippen molar-refractivity contribution in [3.63, 3.8) is 0 Å². The third-order valence-corrected chi connectivity index (χ3v) is 3.18. The molecule has 1 atom stereocenters. The predicted octanol–water partition coefficient (Wildman–Crippen LogP) is 2.81. The molecule has 1 unspecified atom stereocenters. The molecule has 5 heteroatoms. The van der Waals surface area contributed by atoms with Gasteiger partial charge in [0.1, 0.15) is 13.2 Å². The van der Waals surface area contributed by atoms with Gasteiger partial charge >= 0.3 is 6.09 Å². The van der Waals surface area contributed by atoms with Gasteiger partial charge in [-0.25, -0.2) is 4.79 Å². The lowest BCUT2D eigenvalue weighted by molar-refractivity contribution is 0.0987. The summed E-state index contributed by atoms with van der Waals surface area (Å²) in [6.45, 7) is 3.40.